The molecule has 6 atom stereocenters. The van der Waals surface area contributed by atoms with E-state index < -0.39 is 0 Å². The van der Waals surface area contributed by atoms with E-state index in [1.54, 1.807) is 44.9 Å². The summed E-state index contributed by atoms with van der Waals surface area (Å²) in [6.45, 7) is 5.07. The molecule has 3 aliphatic carbocycles. The van der Waals surface area contributed by atoms with E-state index in [1.807, 2.05) is 0 Å². The summed E-state index contributed by atoms with van der Waals surface area (Å²) in [5, 5.41) is 0. The summed E-state index contributed by atoms with van der Waals surface area (Å²) in [5.74, 6) is 6.46. The highest BCUT2D eigenvalue weighted by Crippen LogP contribution is 2.49. The van der Waals surface area contributed by atoms with Crippen molar-refractivity contribution in [3.63, 3.8) is 0 Å². The van der Waals surface area contributed by atoms with E-state index in [2.05, 4.69) is 13.8 Å². The Balaban J connectivity index is 1.68. The zero-order valence-corrected chi connectivity index (χ0v) is 11.8. The Kier molecular flexibility index (Phi) is 3.50. The molecule has 0 N–H and O–H groups in total. The first kappa shape index (κ1) is 12.1. The highest BCUT2D eigenvalue weighted by Gasteiger charge is 2.38. The van der Waals surface area contributed by atoms with Crippen LogP contribution in [0, 0.1) is 35.5 Å². The van der Waals surface area contributed by atoms with Gasteiger partial charge in [-0.05, 0) is 74.0 Å². The molecule has 3 fully saturated rings. The van der Waals surface area contributed by atoms with Crippen molar-refractivity contribution in [1.82, 2.24) is 0 Å². The topological polar surface area (TPSA) is 0 Å². The van der Waals surface area contributed by atoms with E-state index in [0.717, 1.165) is 35.5 Å². The van der Waals surface area contributed by atoms with Crippen LogP contribution in [0.25, 0.3) is 0 Å². The zero-order valence-electron chi connectivity index (χ0n) is 11.8. The van der Waals surface area contributed by atoms with Crippen LogP contribution in [0.15, 0.2) is 0 Å². The first-order chi connectivity index (χ1) is 8.24. The number of fused-ring (bicyclic) bond motifs is 2. The monoisotopic (exact) mass is 234 g/mol. The van der Waals surface area contributed by atoms with Gasteiger partial charge >= 0.3 is 0 Å². The third-order valence-electron chi connectivity index (χ3n) is 6.41. The van der Waals surface area contributed by atoms with Crippen LogP contribution in [0.2, 0.25) is 0 Å². The molecule has 0 spiro atoms. The van der Waals surface area contributed by atoms with E-state index in [9.17, 15) is 0 Å². The van der Waals surface area contributed by atoms with Gasteiger partial charge in [0, 0.05) is 0 Å². The third-order valence-corrected chi connectivity index (χ3v) is 6.41. The summed E-state index contributed by atoms with van der Waals surface area (Å²) in [6.07, 6.45) is 14.0. The predicted molar refractivity (Wildman–Crippen MR) is 73.8 cm³/mol. The molecule has 98 valence electrons. The van der Waals surface area contributed by atoms with Crippen molar-refractivity contribution >= 4 is 0 Å². The van der Waals surface area contributed by atoms with Crippen molar-refractivity contribution in [1.29, 1.82) is 0 Å². The SMILES string of the molecule is CC1CC(C)C2CCC2CCC2CCCC2C1. The zero-order chi connectivity index (χ0) is 11.8. The lowest BCUT2D eigenvalue weighted by Crippen LogP contribution is -2.33. The maximum absolute atomic E-state index is 2.54. The molecule has 0 heteroatoms. The minimum Gasteiger partial charge on any atom is -0.0625 e. The van der Waals surface area contributed by atoms with Crippen LogP contribution in [0.1, 0.15) is 71.6 Å². The van der Waals surface area contributed by atoms with Gasteiger partial charge in [-0.2, -0.15) is 0 Å². The summed E-state index contributed by atoms with van der Waals surface area (Å²) in [4.78, 5) is 0. The first-order valence-corrected chi connectivity index (χ1v) is 8.24. The van der Waals surface area contributed by atoms with Crippen molar-refractivity contribution in [2.45, 2.75) is 71.6 Å². The lowest BCUT2D eigenvalue weighted by molar-refractivity contribution is 0.0701. The molecular formula is C17H30. The average Bonchev–Trinajstić information content (AvgIpc) is 2.62. The van der Waals surface area contributed by atoms with Gasteiger partial charge in [0.1, 0.15) is 0 Å². The molecule has 0 amide bonds. The molecule has 3 rings (SSSR count). The van der Waals surface area contributed by atoms with Gasteiger partial charge in [0.2, 0.25) is 0 Å². The average molecular weight is 234 g/mol. The van der Waals surface area contributed by atoms with Crippen molar-refractivity contribution in [3.8, 4) is 0 Å². The Labute approximate surface area is 108 Å². The molecule has 3 saturated carbocycles. The Morgan fingerprint density at radius 1 is 0.647 bits per heavy atom. The van der Waals surface area contributed by atoms with Crippen LogP contribution >= 0.6 is 0 Å². The first-order valence-electron chi connectivity index (χ1n) is 8.24. The fraction of sp³-hybridized carbons (Fsp3) is 1.00. The Morgan fingerprint density at radius 3 is 2.12 bits per heavy atom. The number of hydrogen-bond donors (Lipinski definition) is 0. The van der Waals surface area contributed by atoms with Gasteiger partial charge in [0.05, 0.1) is 0 Å². The number of rotatable bonds is 0. The molecule has 0 aliphatic heterocycles. The Hall–Kier alpha value is 0. The summed E-state index contributed by atoms with van der Waals surface area (Å²) in [7, 11) is 0. The van der Waals surface area contributed by atoms with Crippen molar-refractivity contribution in [3.05, 3.63) is 0 Å². The van der Waals surface area contributed by atoms with Crippen LogP contribution in [0.5, 0.6) is 0 Å². The quantitative estimate of drug-likeness (QED) is 0.535. The summed E-state index contributed by atoms with van der Waals surface area (Å²) in [5.41, 5.74) is 0. The van der Waals surface area contributed by atoms with Gasteiger partial charge in [-0.3, -0.25) is 0 Å². The Bertz CT molecular complexity index is 257. The third kappa shape index (κ3) is 2.42. The number of hydrogen-bond acceptors (Lipinski definition) is 0. The van der Waals surface area contributed by atoms with Crippen LogP contribution < -0.4 is 0 Å². The minimum atomic E-state index is 0.995. The molecule has 6 unspecified atom stereocenters. The second-order valence-corrected chi connectivity index (χ2v) is 7.58. The fourth-order valence-electron chi connectivity index (χ4n) is 5.36. The summed E-state index contributed by atoms with van der Waals surface area (Å²) < 4.78 is 0. The van der Waals surface area contributed by atoms with Gasteiger partial charge < -0.3 is 0 Å². The molecule has 0 heterocycles. The second-order valence-electron chi connectivity index (χ2n) is 7.58. The summed E-state index contributed by atoms with van der Waals surface area (Å²) >= 11 is 0. The summed E-state index contributed by atoms with van der Waals surface area (Å²) in [6, 6.07) is 0. The molecule has 3 aliphatic rings. The molecule has 0 aromatic carbocycles. The van der Waals surface area contributed by atoms with Gasteiger partial charge in [-0.1, -0.05) is 33.1 Å². The van der Waals surface area contributed by atoms with Crippen LogP contribution in [-0.2, 0) is 0 Å². The normalized spacial score (nSPS) is 51.2. The maximum Gasteiger partial charge on any atom is -0.0360 e. The van der Waals surface area contributed by atoms with Crippen molar-refractivity contribution in [2.75, 3.05) is 0 Å². The molecule has 0 aromatic rings. The molecule has 0 bridgehead atoms. The molecule has 17 heavy (non-hydrogen) atoms. The maximum atomic E-state index is 2.54. The van der Waals surface area contributed by atoms with Gasteiger partial charge in [-0.25, -0.2) is 0 Å². The van der Waals surface area contributed by atoms with Gasteiger partial charge in [-0.15, -0.1) is 0 Å². The van der Waals surface area contributed by atoms with Crippen LogP contribution in [0.4, 0.5) is 0 Å². The molecule has 0 radical (unpaired) electrons. The van der Waals surface area contributed by atoms with Crippen molar-refractivity contribution in [2.24, 2.45) is 35.5 Å². The lowest BCUT2D eigenvalue weighted by atomic mass is 9.62. The minimum absolute atomic E-state index is 0.995. The fourth-order valence-corrected chi connectivity index (χ4v) is 5.36. The van der Waals surface area contributed by atoms with E-state index >= 15 is 0 Å². The highest BCUT2D eigenvalue weighted by molar-refractivity contribution is 4.89. The smallest absolute Gasteiger partial charge is 0.0360 e. The van der Waals surface area contributed by atoms with E-state index in [0.29, 0.717) is 0 Å². The van der Waals surface area contributed by atoms with Crippen LogP contribution in [-0.4, -0.2) is 0 Å². The molecular weight excluding hydrogens is 204 g/mol. The van der Waals surface area contributed by atoms with E-state index in [-0.39, 0.29) is 0 Å². The van der Waals surface area contributed by atoms with Gasteiger partial charge in [0.15, 0.2) is 0 Å². The lowest BCUT2D eigenvalue weighted by Gasteiger charge is -2.43. The molecule has 0 nitrogen and oxygen atoms in total. The van der Waals surface area contributed by atoms with Crippen molar-refractivity contribution < 1.29 is 0 Å². The molecule has 0 saturated heterocycles. The van der Waals surface area contributed by atoms with Crippen LogP contribution in [0.3, 0.4) is 0 Å². The van der Waals surface area contributed by atoms with Gasteiger partial charge in [0.25, 0.3) is 0 Å². The van der Waals surface area contributed by atoms with E-state index in [4.69, 9.17) is 0 Å². The second kappa shape index (κ2) is 4.94. The molecule has 0 aromatic heterocycles. The Morgan fingerprint density at radius 2 is 1.35 bits per heavy atom. The standard InChI is InChI=1S/C17H30/c1-12-10-13(2)17-9-8-15(17)7-6-14-4-3-5-16(14)11-12/h12-17H,3-11H2,1-2H3. The van der Waals surface area contributed by atoms with E-state index in [1.165, 1.54) is 12.8 Å². The predicted octanol–water partition coefficient (Wildman–Crippen LogP) is 5.28. The highest BCUT2D eigenvalue weighted by atomic mass is 14.4. The largest absolute Gasteiger partial charge is 0.0625 e.